The average Bonchev–Trinajstić information content (AvgIpc) is 2.61. The maximum Gasteiger partial charge on any atom is 0.115 e. The van der Waals surface area contributed by atoms with Gasteiger partial charge in [0.2, 0.25) is 0 Å². The molecule has 0 fully saturated rings. The lowest BCUT2D eigenvalue weighted by molar-refractivity contribution is 0.964. The summed E-state index contributed by atoms with van der Waals surface area (Å²) in [6.07, 6.45) is 4.13. The molecule has 0 radical (unpaired) electrons. The third-order valence-electron chi connectivity index (χ3n) is 4.01. The van der Waals surface area contributed by atoms with Crippen LogP contribution in [0, 0.1) is 0 Å². The second-order valence-corrected chi connectivity index (χ2v) is 5.91. The van der Waals surface area contributed by atoms with Gasteiger partial charge in [0.05, 0.1) is 5.71 Å². The second kappa shape index (κ2) is 5.90. The number of nitrogens with zero attached hydrogens (tertiary/aromatic N) is 2. The van der Waals surface area contributed by atoms with Crippen LogP contribution in [-0.2, 0) is 0 Å². The molecule has 112 valence electrons. The van der Waals surface area contributed by atoms with Crippen molar-refractivity contribution < 1.29 is 0 Å². The van der Waals surface area contributed by atoms with E-state index in [9.17, 15) is 0 Å². The van der Waals surface area contributed by atoms with Crippen molar-refractivity contribution in [1.82, 2.24) is 0 Å². The van der Waals surface area contributed by atoms with Crippen molar-refractivity contribution in [3.05, 3.63) is 89.6 Å². The molecule has 2 nitrogen and oxygen atoms in total. The normalized spacial score (nSPS) is 14.1. The Morgan fingerprint density at radius 2 is 1.74 bits per heavy atom. The molecule has 3 heteroatoms. The quantitative estimate of drug-likeness (QED) is 0.628. The van der Waals surface area contributed by atoms with Crippen molar-refractivity contribution >= 4 is 33.8 Å². The van der Waals surface area contributed by atoms with E-state index in [2.05, 4.69) is 59.6 Å². The minimum absolute atomic E-state index is 0.593. The monoisotopic (exact) mass is 318 g/mol. The number of benzene rings is 3. The summed E-state index contributed by atoms with van der Waals surface area (Å²) in [5.74, 6) is 0. The summed E-state index contributed by atoms with van der Waals surface area (Å²) in [5, 5.41) is 3.20. The first kappa shape index (κ1) is 14.0. The van der Waals surface area contributed by atoms with Crippen LogP contribution in [0.25, 0.3) is 10.8 Å². The molecule has 0 saturated carbocycles. The van der Waals surface area contributed by atoms with Crippen LogP contribution in [0.3, 0.4) is 0 Å². The molecule has 1 aliphatic rings. The summed E-state index contributed by atoms with van der Waals surface area (Å²) in [6.45, 7) is 0.593. The summed E-state index contributed by atoms with van der Waals surface area (Å²) in [4.78, 5) is 6.83. The van der Waals surface area contributed by atoms with Crippen molar-refractivity contribution in [3.63, 3.8) is 0 Å². The van der Waals surface area contributed by atoms with Gasteiger partial charge in [-0.2, -0.15) is 0 Å². The van der Waals surface area contributed by atoms with E-state index >= 15 is 0 Å². The molecular formula is C20H15ClN2. The third-order valence-corrected chi connectivity index (χ3v) is 4.25. The zero-order chi connectivity index (χ0) is 15.6. The van der Waals surface area contributed by atoms with Crippen LogP contribution >= 0.6 is 11.6 Å². The lowest BCUT2D eigenvalue weighted by atomic mass is 10.0. The molecule has 0 N–H and O–H groups in total. The van der Waals surface area contributed by atoms with Gasteiger partial charge in [-0.05, 0) is 35.0 Å². The Labute approximate surface area is 140 Å². The fourth-order valence-corrected chi connectivity index (χ4v) is 3.04. The molecule has 3 aromatic rings. The first-order valence-electron chi connectivity index (χ1n) is 7.54. The number of anilines is 1. The molecule has 1 aliphatic heterocycles. The molecule has 4 rings (SSSR count). The standard InChI is InChI=1S/C20H15ClN2/c21-16-7-4-8-17(13-16)23-12-11-20(22-14-23)19-10-3-6-15-5-1-2-9-18(15)19/h1-13H,14H2. The lowest BCUT2D eigenvalue weighted by Crippen LogP contribution is -2.21. The van der Waals surface area contributed by atoms with Gasteiger partial charge in [-0.1, -0.05) is 60.1 Å². The van der Waals surface area contributed by atoms with Gasteiger partial charge in [0, 0.05) is 22.5 Å². The maximum absolute atomic E-state index is 6.07. The van der Waals surface area contributed by atoms with Crippen LogP contribution in [0.5, 0.6) is 0 Å². The minimum atomic E-state index is 0.593. The zero-order valence-corrected chi connectivity index (χ0v) is 13.2. The van der Waals surface area contributed by atoms with Crippen molar-refractivity contribution in [2.45, 2.75) is 0 Å². The Balaban J connectivity index is 1.66. The summed E-state index contributed by atoms with van der Waals surface area (Å²) >= 11 is 6.07. The zero-order valence-electron chi connectivity index (χ0n) is 12.5. The molecule has 0 unspecified atom stereocenters. The number of aliphatic imine (C=N–C) groups is 1. The van der Waals surface area contributed by atoms with E-state index in [0.717, 1.165) is 16.4 Å². The molecule has 0 aliphatic carbocycles. The number of hydrogen-bond donors (Lipinski definition) is 0. The van der Waals surface area contributed by atoms with Crippen LogP contribution in [0.15, 0.2) is 84.0 Å². The molecule has 0 bridgehead atoms. The van der Waals surface area contributed by atoms with Gasteiger partial charge in [-0.15, -0.1) is 0 Å². The van der Waals surface area contributed by atoms with E-state index in [4.69, 9.17) is 16.6 Å². The van der Waals surface area contributed by atoms with Crippen LogP contribution < -0.4 is 4.90 Å². The van der Waals surface area contributed by atoms with Crippen molar-refractivity contribution in [1.29, 1.82) is 0 Å². The van der Waals surface area contributed by atoms with Gasteiger partial charge in [0.1, 0.15) is 6.67 Å². The Morgan fingerprint density at radius 1 is 0.913 bits per heavy atom. The number of fused-ring (bicyclic) bond motifs is 1. The molecule has 0 aromatic heterocycles. The Hall–Kier alpha value is -2.58. The largest absolute Gasteiger partial charge is 0.328 e. The lowest BCUT2D eigenvalue weighted by Gasteiger charge is -2.22. The van der Waals surface area contributed by atoms with E-state index in [-0.39, 0.29) is 0 Å². The van der Waals surface area contributed by atoms with Gasteiger partial charge >= 0.3 is 0 Å². The van der Waals surface area contributed by atoms with E-state index in [1.807, 2.05) is 24.3 Å². The smallest absolute Gasteiger partial charge is 0.115 e. The molecule has 0 spiro atoms. The van der Waals surface area contributed by atoms with Gasteiger partial charge in [0.25, 0.3) is 0 Å². The average molecular weight is 319 g/mol. The second-order valence-electron chi connectivity index (χ2n) is 5.48. The predicted molar refractivity (Wildman–Crippen MR) is 98.4 cm³/mol. The highest BCUT2D eigenvalue weighted by Gasteiger charge is 2.11. The SMILES string of the molecule is Clc1cccc(N2C=CC(c3cccc4ccccc34)=NC2)c1. The maximum atomic E-state index is 6.07. The summed E-state index contributed by atoms with van der Waals surface area (Å²) in [5.41, 5.74) is 3.24. The van der Waals surface area contributed by atoms with Crippen LogP contribution in [-0.4, -0.2) is 12.4 Å². The molecule has 23 heavy (non-hydrogen) atoms. The Bertz CT molecular complexity index is 922. The highest BCUT2D eigenvalue weighted by Crippen LogP contribution is 2.24. The number of rotatable bonds is 2. The number of halogens is 1. The van der Waals surface area contributed by atoms with Gasteiger partial charge in [-0.25, -0.2) is 0 Å². The first-order valence-corrected chi connectivity index (χ1v) is 7.92. The summed E-state index contributed by atoms with van der Waals surface area (Å²) < 4.78 is 0. The Morgan fingerprint density at radius 3 is 2.57 bits per heavy atom. The third kappa shape index (κ3) is 2.73. The van der Waals surface area contributed by atoms with E-state index in [0.29, 0.717) is 6.67 Å². The van der Waals surface area contributed by atoms with E-state index in [1.54, 1.807) is 0 Å². The van der Waals surface area contributed by atoms with Crippen LogP contribution in [0.2, 0.25) is 5.02 Å². The molecule has 0 atom stereocenters. The predicted octanol–water partition coefficient (Wildman–Crippen LogP) is 5.27. The summed E-state index contributed by atoms with van der Waals surface area (Å²) in [7, 11) is 0. The van der Waals surface area contributed by atoms with Crippen molar-refractivity contribution in [3.8, 4) is 0 Å². The van der Waals surface area contributed by atoms with Gasteiger partial charge in [0.15, 0.2) is 0 Å². The van der Waals surface area contributed by atoms with Gasteiger partial charge in [-0.3, -0.25) is 4.99 Å². The molecular weight excluding hydrogens is 304 g/mol. The Kier molecular flexibility index (Phi) is 3.60. The van der Waals surface area contributed by atoms with Crippen LogP contribution in [0.4, 0.5) is 5.69 Å². The molecule has 0 saturated heterocycles. The molecule has 1 heterocycles. The fourth-order valence-electron chi connectivity index (χ4n) is 2.86. The van der Waals surface area contributed by atoms with E-state index in [1.165, 1.54) is 16.3 Å². The molecule has 0 amide bonds. The van der Waals surface area contributed by atoms with Gasteiger partial charge < -0.3 is 4.90 Å². The van der Waals surface area contributed by atoms with Crippen LogP contribution in [0.1, 0.15) is 5.56 Å². The minimum Gasteiger partial charge on any atom is -0.328 e. The number of hydrogen-bond acceptors (Lipinski definition) is 2. The first-order chi connectivity index (χ1) is 11.3. The van der Waals surface area contributed by atoms with E-state index < -0.39 is 0 Å². The summed E-state index contributed by atoms with van der Waals surface area (Å²) in [6, 6.07) is 22.6. The fraction of sp³-hybridized carbons (Fsp3) is 0.0500. The molecule has 3 aromatic carbocycles. The van der Waals surface area contributed by atoms with Crippen molar-refractivity contribution in [2.75, 3.05) is 11.6 Å². The number of allylic oxidation sites excluding steroid dienone is 1. The topological polar surface area (TPSA) is 15.6 Å². The van der Waals surface area contributed by atoms with Crippen molar-refractivity contribution in [2.24, 2.45) is 4.99 Å². The highest BCUT2D eigenvalue weighted by molar-refractivity contribution is 6.30. The highest BCUT2D eigenvalue weighted by atomic mass is 35.5.